The molecule has 0 radical (unpaired) electrons. The zero-order valence-electron chi connectivity index (χ0n) is 12.3. The first-order chi connectivity index (χ1) is 10.1. The summed E-state index contributed by atoms with van der Waals surface area (Å²) in [6.07, 6.45) is 2.40. The summed E-state index contributed by atoms with van der Waals surface area (Å²) in [4.78, 5) is 2.14. The van der Waals surface area contributed by atoms with Gasteiger partial charge in [-0.25, -0.2) is 8.42 Å². The summed E-state index contributed by atoms with van der Waals surface area (Å²) in [5.41, 5.74) is 4.08. The number of sulfone groups is 1. The van der Waals surface area contributed by atoms with E-state index in [2.05, 4.69) is 28.4 Å². The molecule has 0 amide bonds. The van der Waals surface area contributed by atoms with E-state index in [4.69, 9.17) is 0 Å². The van der Waals surface area contributed by atoms with Crippen molar-refractivity contribution in [3.63, 3.8) is 0 Å². The van der Waals surface area contributed by atoms with Crippen molar-refractivity contribution >= 4 is 21.6 Å². The molecule has 0 saturated carbocycles. The zero-order valence-corrected chi connectivity index (χ0v) is 14.0. The lowest BCUT2D eigenvalue weighted by atomic mass is 9.95. The average molecular weight is 326 g/mol. The third kappa shape index (κ3) is 3.44. The molecule has 2 aliphatic heterocycles. The Labute approximate surface area is 131 Å². The molecule has 1 saturated heterocycles. The predicted octanol–water partition coefficient (Wildman–Crippen LogP) is 1.25. The average Bonchev–Trinajstić information content (AvgIpc) is 2.47. The Balaban J connectivity index is 1.85. The van der Waals surface area contributed by atoms with E-state index in [1.807, 2.05) is 0 Å². The lowest BCUT2D eigenvalue weighted by Crippen LogP contribution is -2.46. The van der Waals surface area contributed by atoms with Gasteiger partial charge in [-0.3, -0.25) is 4.90 Å². The fourth-order valence-corrected chi connectivity index (χ4v) is 6.11. The van der Waals surface area contributed by atoms with Gasteiger partial charge in [-0.15, -0.1) is 0 Å². The minimum Gasteiger partial charge on any atom is -0.312 e. The number of rotatable bonds is 3. The summed E-state index contributed by atoms with van der Waals surface area (Å²) in [5, 5.41) is 3.05. The van der Waals surface area contributed by atoms with Crippen LogP contribution in [-0.2, 0) is 29.3 Å². The van der Waals surface area contributed by atoms with Crippen LogP contribution in [0.15, 0.2) is 18.2 Å². The van der Waals surface area contributed by atoms with Gasteiger partial charge < -0.3 is 5.32 Å². The van der Waals surface area contributed by atoms with E-state index < -0.39 is 9.84 Å². The van der Waals surface area contributed by atoms with E-state index in [0.717, 1.165) is 38.4 Å². The zero-order chi connectivity index (χ0) is 14.9. The van der Waals surface area contributed by atoms with Crippen LogP contribution in [0, 0.1) is 0 Å². The van der Waals surface area contributed by atoms with Gasteiger partial charge in [0.25, 0.3) is 0 Å². The van der Waals surface area contributed by atoms with Crippen molar-refractivity contribution in [3.05, 3.63) is 34.9 Å². The highest BCUT2D eigenvalue weighted by Crippen LogP contribution is 2.25. The normalized spacial score (nSPS) is 23.8. The van der Waals surface area contributed by atoms with Crippen molar-refractivity contribution < 1.29 is 8.42 Å². The quantitative estimate of drug-likeness (QED) is 0.906. The molecule has 6 heteroatoms. The van der Waals surface area contributed by atoms with Gasteiger partial charge in [0.15, 0.2) is 9.84 Å². The standard InChI is InChI=1S/C15H22N2O2S2/c1-21(18,19)15-11-20-8-7-17(15)10-13-4-2-3-12-9-16-6-5-14(12)13/h2-4,15-16H,5-11H2,1H3. The minimum atomic E-state index is -3.02. The summed E-state index contributed by atoms with van der Waals surface area (Å²) in [6, 6.07) is 6.42. The molecule has 1 unspecified atom stereocenters. The van der Waals surface area contributed by atoms with Gasteiger partial charge in [-0.05, 0) is 29.7 Å². The Hall–Kier alpha value is -0.560. The first-order valence-corrected chi connectivity index (χ1v) is 10.5. The van der Waals surface area contributed by atoms with E-state index in [1.165, 1.54) is 22.9 Å². The Kier molecular flexibility index (Phi) is 4.59. The second-order valence-corrected chi connectivity index (χ2v) is 9.16. The number of hydrogen-bond donors (Lipinski definition) is 1. The number of benzene rings is 1. The van der Waals surface area contributed by atoms with E-state index >= 15 is 0 Å². The molecular weight excluding hydrogens is 304 g/mol. The van der Waals surface area contributed by atoms with Crippen molar-refractivity contribution in [1.82, 2.24) is 10.2 Å². The summed E-state index contributed by atoms with van der Waals surface area (Å²) in [6.45, 7) is 3.54. The lowest BCUT2D eigenvalue weighted by molar-refractivity contribution is 0.261. The highest BCUT2D eigenvalue weighted by Gasteiger charge is 2.31. The lowest BCUT2D eigenvalue weighted by Gasteiger charge is -2.35. The maximum atomic E-state index is 12.0. The largest absolute Gasteiger partial charge is 0.312 e. The van der Waals surface area contributed by atoms with Crippen LogP contribution < -0.4 is 5.32 Å². The summed E-state index contributed by atoms with van der Waals surface area (Å²) in [7, 11) is -3.02. The van der Waals surface area contributed by atoms with Crippen molar-refractivity contribution in [2.75, 3.05) is 30.9 Å². The molecule has 1 aromatic carbocycles. The predicted molar refractivity (Wildman–Crippen MR) is 88.2 cm³/mol. The van der Waals surface area contributed by atoms with Crippen LogP contribution in [-0.4, -0.2) is 49.5 Å². The van der Waals surface area contributed by atoms with Gasteiger partial charge in [-0.2, -0.15) is 11.8 Å². The third-order valence-electron chi connectivity index (χ3n) is 4.30. The maximum Gasteiger partial charge on any atom is 0.164 e. The molecule has 2 aliphatic rings. The summed E-state index contributed by atoms with van der Waals surface area (Å²) < 4.78 is 24.0. The van der Waals surface area contributed by atoms with Crippen molar-refractivity contribution in [1.29, 1.82) is 0 Å². The molecule has 1 aromatic rings. The fraction of sp³-hybridized carbons (Fsp3) is 0.600. The minimum absolute atomic E-state index is 0.339. The van der Waals surface area contributed by atoms with Crippen molar-refractivity contribution in [3.8, 4) is 0 Å². The van der Waals surface area contributed by atoms with Gasteiger partial charge in [0.1, 0.15) is 5.37 Å². The molecule has 1 fully saturated rings. The first kappa shape index (κ1) is 15.3. The fourth-order valence-electron chi connectivity index (χ4n) is 3.17. The topological polar surface area (TPSA) is 49.4 Å². The van der Waals surface area contributed by atoms with Gasteiger partial charge in [0.05, 0.1) is 0 Å². The molecule has 21 heavy (non-hydrogen) atoms. The second-order valence-electron chi connectivity index (χ2n) is 5.81. The van der Waals surface area contributed by atoms with Crippen LogP contribution in [0.4, 0.5) is 0 Å². The maximum absolute atomic E-state index is 12.0. The number of fused-ring (bicyclic) bond motifs is 1. The molecule has 0 bridgehead atoms. The van der Waals surface area contributed by atoms with E-state index in [0.29, 0.717) is 5.75 Å². The van der Waals surface area contributed by atoms with Gasteiger partial charge >= 0.3 is 0 Å². The number of nitrogens with zero attached hydrogens (tertiary/aromatic N) is 1. The molecule has 4 nitrogen and oxygen atoms in total. The van der Waals surface area contributed by atoms with Crippen LogP contribution >= 0.6 is 11.8 Å². The van der Waals surface area contributed by atoms with Crippen molar-refractivity contribution in [2.24, 2.45) is 0 Å². The number of thioether (sulfide) groups is 1. The van der Waals surface area contributed by atoms with Gasteiger partial charge in [0, 0.05) is 37.4 Å². The molecular formula is C15H22N2O2S2. The number of hydrogen-bond acceptors (Lipinski definition) is 5. The summed E-state index contributed by atoms with van der Waals surface area (Å²) >= 11 is 1.74. The van der Waals surface area contributed by atoms with Crippen LogP contribution in [0.3, 0.4) is 0 Å². The molecule has 1 N–H and O–H groups in total. The monoisotopic (exact) mass is 326 g/mol. The second kappa shape index (κ2) is 6.28. The summed E-state index contributed by atoms with van der Waals surface area (Å²) in [5.74, 6) is 1.71. The first-order valence-electron chi connectivity index (χ1n) is 7.37. The van der Waals surface area contributed by atoms with Crippen LogP contribution in [0.1, 0.15) is 16.7 Å². The Morgan fingerprint density at radius 1 is 1.43 bits per heavy atom. The Morgan fingerprint density at radius 3 is 3.10 bits per heavy atom. The molecule has 0 aromatic heterocycles. The van der Waals surface area contributed by atoms with E-state index in [9.17, 15) is 8.42 Å². The highest BCUT2D eigenvalue weighted by molar-refractivity contribution is 8.00. The van der Waals surface area contributed by atoms with Gasteiger partial charge in [0.2, 0.25) is 0 Å². The molecule has 3 rings (SSSR count). The van der Waals surface area contributed by atoms with Crippen LogP contribution in [0.5, 0.6) is 0 Å². The molecule has 1 atom stereocenters. The highest BCUT2D eigenvalue weighted by atomic mass is 32.2. The van der Waals surface area contributed by atoms with E-state index in [1.54, 1.807) is 11.8 Å². The molecule has 2 heterocycles. The SMILES string of the molecule is CS(=O)(=O)C1CSCCN1Cc1cccc2c1CCNC2. The van der Waals surface area contributed by atoms with Crippen LogP contribution in [0.25, 0.3) is 0 Å². The third-order valence-corrected chi connectivity index (χ3v) is 6.98. The van der Waals surface area contributed by atoms with Crippen LogP contribution in [0.2, 0.25) is 0 Å². The molecule has 0 aliphatic carbocycles. The molecule has 116 valence electrons. The Bertz CT molecular complexity index is 616. The van der Waals surface area contributed by atoms with Gasteiger partial charge in [-0.1, -0.05) is 18.2 Å². The number of nitrogens with one attached hydrogen (secondary N) is 1. The molecule has 0 spiro atoms. The van der Waals surface area contributed by atoms with Crippen molar-refractivity contribution in [2.45, 2.75) is 24.9 Å². The van der Waals surface area contributed by atoms with E-state index in [-0.39, 0.29) is 5.37 Å². The smallest absolute Gasteiger partial charge is 0.164 e. The Morgan fingerprint density at radius 2 is 2.29 bits per heavy atom.